The molecule has 0 saturated carbocycles. The van der Waals surface area contributed by atoms with Crippen molar-refractivity contribution >= 4 is 17.6 Å². The van der Waals surface area contributed by atoms with E-state index in [0.29, 0.717) is 24.9 Å². The van der Waals surface area contributed by atoms with Gasteiger partial charge in [0, 0.05) is 12.7 Å². The summed E-state index contributed by atoms with van der Waals surface area (Å²) in [6.45, 7) is 5.08. The third-order valence-electron chi connectivity index (χ3n) is 1.62. The molecular weight excluding hydrogens is 212 g/mol. The summed E-state index contributed by atoms with van der Waals surface area (Å²) in [4.78, 5) is 8.53. The quantitative estimate of drug-likeness (QED) is 0.332. The first-order chi connectivity index (χ1) is 7.30. The van der Waals surface area contributed by atoms with Gasteiger partial charge in [0.2, 0.25) is 0 Å². The lowest BCUT2D eigenvalue weighted by Crippen LogP contribution is -2.11. The van der Waals surface area contributed by atoms with Gasteiger partial charge in [-0.3, -0.25) is 0 Å². The van der Waals surface area contributed by atoms with Crippen molar-refractivity contribution in [2.45, 2.75) is 25.5 Å². The van der Waals surface area contributed by atoms with E-state index in [0.717, 1.165) is 10.8 Å². The molecule has 0 saturated heterocycles. The van der Waals surface area contributed by atoms with E-state index in [1.165, 1.54) is 0 Å². The molecule has 15 heavy (non-hydrogen) atoms. The molecule has 0 fully saturated rings. The third kappa shape index (κ3) is 4.03. The smallest absolute Gasteiger partial charge is 0.157 e. The number of hydrogen-bond donors (Lipinski definition) is 2. The SMILES string of the molecule is CCOCc1nc(NN)cc(SCC)n1. The van der Waals surface area contributed by atoms with E-state index in [2.05, 4.69) is 22.3 Å². The molecule has 1 aromatic heterocycles. The Labute approximate surface area is 93.8 Å². The standard InChI is InChI=1S/C9H16N4OS/c1-3-14-6-8-11-7(13-10)5-9(12-8)15-4-2/h5H,3-4,6,10H2,1-2H3,(H,11,12,13). The first kappa shape index (κ1) is 12.2. The highest BCUT2D eigenvalue weighted by Crippen LogP contribution is 2.17. The van der Waals surface area contributed by atoms with Gasteiger partial charge >= 0.3 is 0 Å². The predicted molar refractivity (Wildman–Crippen MR) is 61.6 cm³/mol. The zero-order valence-corrected chi connectivity index (χ0v) is 9.80. The largest absolute Gasteiger partial charge is 0.374 e. The molecule has 6 heteroatoms. The molecule has 0 unspecified atom stereocenters. The second kappa shape index (κ2) is 6.60. The van der Waals surface area contributed by atoms with Gasteiger partial charge in [-0.1, -0.05) is 6.92 Å². The van der Waals surface area contributed by atoms with Crippen LogP contribution in [0.25, 0.3) is 0 Å². The maximum absolute atomic E-state index is 5.32. The number of ether oxygens (including phenoxy) is 1. The highest BCUT2D eigenvalue weighted by Gasteiger charge is 2.03. The normalized spacial score (nSPS) is 10.3. The molecule has 0 aliphatic rings. The molecule has 1 heterocycles. The van der Waals surface area contributed by atoms with Crippen LogP contribution in [0.4, 0.5) is 5.82 Å². The van der Waals surface area contributed by atoms with E-state index in [4.69, 9.17) is 10.6 Å². The first-order valence-corrected chi connectivity index (χ1v) is 5.83. The lowest BCUT2D eigenvalue weighted by atomic mass is 10.5. The van der Waals surface area contributed by atoms with Crippen LogP contribution in [-0.2, 0) is 11.3 Å². The molecule has 0 bridgehead atoms. The number of aromatic nitrogens is 2. The Morgan fingerprint density at radius 1 is 1.47 bits per heavy atom. The third-order valence-corrected chi connectivity index (χ3v) is 2.42. The Morgan fingerprint density at radius 2 is 2.27 bits per heavy atom. The number of rotatable bonds is 6. The average molecular weight is 228 g/mol. The number of hydrazine groups is 1. The molecule has 3 N–H and O–H groups in total. The Morgan fingerprint density at radius 3 is 2.87 bits per heavy atom. The van der Waals surface area contributed by atoms with E-state index < -0.39 is 0 Å². The van der Waals surface area contributed by atoms with Gasteiger partial charge in [0.1, 0.15) is 17.5 Å². The Kier molecular flexibility index (Phi) is 5.38. The highest BCUT2D eigenvalue weighted by atomic mass is 32.2. The van der Waals surface area contributed by atoms with Crippen molar-refractivity contribution in [1.82, 2.24) is 9.97 Å². The van der Waals surface area contributed by atoms with Crippen molar-refractivity contribution in [3.05, 3.63) is 11.9 Å². The van der Waals surface area contributed by atoms with Gasteiger partial charge < -0.3 is 10.2 Å². The van der Waals surface area contributed by atoms with Crippen molar-refractivity contribution in [2.24, 2.45) is 5.84 Å². The molecule has 0 aliphatic heterocycles. The Bertz CT molecular complexity index is 308. The van der Waals surface area contributed by atoms with Crippen LogP contribution in [0.5, 0.6) is 0 Å². The van der Waals surface area contributed by atoms with Crippen LogP contribution in [0.2, 0.25) is 0 Å². The summed E-state index contributed by atoms with van der Waals surface area (Å²) in [5, 5.41) is 0.912. The molecule has 0 amide bonds. The maximum atomic E-state index is 5.32. The number of nitrogens with zero attached hydrogens (tertiary/aromatic N) is 2. The lowest BCUT2D eigenvalue weighted by molar-refractivity contribution is 0.128. The summed E-state index contributed by atoms with van der Waals surface area (Å²) < 4.78 is 5.25. The van der Waals surface area contributed by atoms with Crippen LogP contribution in [0.3, 0.4) is 0 Å². The summed E-state index contributed by atoms with van der Waals surface area (Å²) in [5.41, 5.74) is 2.52. The number of nitrogen functional groups attached to an aromatic ring is 1. The zero-order chi connectivity index (χ0) is 11.1. The van der Waals surface area contributed by atoms with Gasteiger partial charge in [0.15, 0.2) is 5.82 Å². The van der Waals surface area contributed by atoms with E-state index in [-0.39, 0.29) is 0 Å². The summed E-state index contributed by atoms with van der Waals surface area (Å²) in [6.07, 6.45) is 0. The minimum Gasteiger partial charge on any atom is -0.374 e. The number of thioether (sulfide) groups is 1. The molecule has 84 valence electrons. The molecule has 5 nitrogen and oxygen atoms in total. The second-order valence-electron chi connectivity index (χ2n) is 2.72. The molecule has 0 radical (unpaired) electrons. The van der Waals surface area contributed by atoms with Crippen molar-refractivity contribution < 1.29 is 4.74 Å². The fourth-order valence-corrected chi connectivity index (χ4v) is 1.69. The fraction of sp³-hybridized carbons (Fsp3) is 0.556. The Hall–Kier alpha value is -0.850. The number of nitrogens with two attached hydrogens (primary N) is 1. The average Bonchev–Trinajstić information content (AvgIpc) is 2.26. The maximum Gasteiger partial charge on any atom is 0.157 e. The van der Waals surface area contributed by atoms with E-state index in [1.807, 2.05) is 13.0 Å². The monoisotopic (exact) mass is 228 g/mol. The molecule has 0 aliphatic carbocycles. The van der Waals surface area contributed by atoms with Crippen LogP contribution < -0.4 is 11.3 Å². The van der Waals surface area contributed by atoms with Gasteiger partial charge in [0.25, 0.3) is 0 Å². The van der Waals surface area contributed by atoms with Crippen LogP contribution in [0, 0.1) is 0 Å². The summed E-state index contributed by atoms with van der Waals surface area (Å²) in [7, 11) is 0. The van der Waals surface area contributed by atoms with E-state index in [9.17, 15) is 0 Å². The molecular formula is C9H16N4OS. The van der Waals surface area contributed by atoms with Crippen LogP contribution in [0.1, 0.15) is 19.7 Å². The summed E-state index contributed by atoms with van der Waals surface area (Å²) in [6, 6.07) is 1.82. The predicted octanol–water partition coefficient (Wildman–Crippen LogP) is 1.41. The number of nitrogens with one attached hydrogen (secondary N) is 1. The van der Waals surface area contributed by atoms with Gasteiger partial charge in [-0.2, -0.15) is 0 Å². The minimum absolute atomic E-state index is 0.420. The summed E-state index contributed by atoms with van der Waals surface area (Å²) in [5.74, 6) is 7.57. The molecule has 0 spiro atoms. The van der Waals surface area contributed by atoms with Crippen LogP contribution >= 0.6 is 11.8 Å². The van der Waals surface area contributed by atoms with Crippen LogP contribution in [-0.4, -0.2) is 22.3 Å². The molecule has 1 aromatic rings. The first-order valence-electron chi connectivity index (χ1n) is 4.85. The molecule has 0 atom stereocenters. The Balaban J connectivity index is 2.79. The van der Waals surface area contributed by atoms with Gasteiger partial charge in [-0.05, 0) is 12.7 Å². The summed E-state index contributed by atoms with van der Waals surface area (Å²) >= 11 is 1.65. The second-order valence-corrected chi connectivity index (χ2v) is 4.01. The van der Waals surface area contributed by atoms with Crippen molar-refractivity contribution in [3.63, 3.8) is 0 Å². The van der Waals surface area contributed by atoms with E-state index in [1.54, 1.807) is 11.8 Å². The lowest BCUT2D eigenvalue weighted by Gasteiger charge is -2.06. The molecule has 0 aromatic carbocycles. The number of anilines is 1. The van der Waals surface area contributed by atoms with Gasteiger partial charge in [-0.25, -0.2) is 15.8 Å². The van der Waals surface area contributed by atoms with Crippen molar-refractivity contribution in [1.29, 1.82) is 0 Å². The number of hydrogen-bond acceptors (Lipinski definition) is 6. The van der Waals surface area contributed by atoms with E-state index >= 15 is 0 Å². The van der Waals surface area contributed by atoms with Gasteiger partial charge in [0.05, 0.1) is 0 Å². The highest BCUT2D eigenvalue weighted by molar-refractivity contribution is 7.99. The topological polar surface area (TPSA) is 73.1 Å². The zero-order valence-electron chi connectivity index (χ0n) is 8.99. The van der Waals surface area contributed by atoms with Gasteiger partial charge in [-0.15, -0.1) is 11.8 Å². The molecule has 1 rings (SSSR count). The fourth-order valence-electron chi connectivity index (χ4n) is 1.03. The van der Waals surface area contributed by atoms with Crippen LogP contribution in [0.15, 0.2) is 11.1 Å². The minimum atomic E-state index is 0.420. The van der Waals surface area contributed by atoms with Crippen molar-refractivity contribution in [2.75, 3.05) is 17.8 Å². The van der Waals surface area contributed by atoms with Crippen molar-refractivity contribution in [3.8, 4) is 0 Å².